The second-order valence-electron chi connectivity index (χ2n) is 4.64. The van der Waals surface area contributed by atoms with Crippen LogP contribution in [0.1, 0.15) is 22.2 Å². The predicted molar refractivity (Wildman–Crippen MR) is 80.4 cm³/mol. The number of thiophene rings is 1. The van der Waals surface area contributed by atoms with Crippen LogP contribution >= 0.6 is 11.3 Å². The summed E-state index contributed by atoms with van der Waals surface area (Å²) >= 11 is 1.72. The van der Waals surface area contributed by atoms with Gasteiger partial charge in [-0.1, -0.05) is 18.2 Å². The average molecular weight is 274 g/mol. The summed E-state index contributed by atoms with van der Waals surface area (Å²) in [4.78, 5) is 15.4. The Morgan fingerprint density at radius 1 is 1.32 bits per heavy atom. The Hall–Kier alpha value is -1.81. The van der Waals surface area contributed by atoms with Crippen molar-refractivity contribution in [3.8, 4) is 0 Å². The van der Waals surface area contributed by atoms with Crippen molar-refractivity contribution < 1.29 is 4.79 Å². The van der Waals surface area contributed by atoms with Crippen LogP contribution in [-0.2, 0) is 6.42 Å². The Bertz CT molecular complexity index is 551. The first-order valence-corrected chi connectivity index (χ1v) is 7.11. The molecule has 100 valence electrons. The minimum Gasteiger partial charge on any atom is -0.398 e. The third-order valence-electron chi connectivity index (χ3n) is 3.25. The van der Waals surface area contributed by atoms with E-state index < -0.39 is 0 Å². The minimum absolute atomic E-state index is 0.0258. The van der Waals surface area contributed by atoms with E-state index >= 15 is 0 Å². The number of carbonyl (C=O) groups is 1. The van der Waals surface area contributed by atoms with Gasteiger partial charge in [-0.2, -0.15) is 0 Å². The van der Waals surface area contributed by atoms with Gasteiger partial charge in [0.25, 0.3) is 5.91 Å². The highest BCUT2D eigenvalue weighted by molar-refractivity contribution is 7.09. The third kappa shape index (κ3) is 3.15. The van der Waals surface area contributed by atoms with Crippen molar-refractivity contribution in [2.24, 2.45) is 0 Å². The van der Waals surface area contributed by atoms with Crippen LogP contribution in [0.4, 0.5) is 5.69 Å². The van der Waals surface area contributed by atoms with E-state index in [0.29, 0.717) is 11.3 Å². The lowest BCUT2D eigenvalue weighted by Crippen LogP contribution is -2.36. The van der Waals surface area contributed by atoms with Crippen molar-refractivity contribution in [3.05, 3.63) is 52.2 Å². The quantitative estimate of drug-likeness (QED) is 0.871. The number of likely N-dealkylation sites (N-methyl/N-ethyl adjacent to an activating group) is 1. The van der Waals surface area contributed by atoms with E-state index in [1.807, 2.05) is 25.2 Å². The molecule has 0 spiro atoms. The number of carbonyl (C=O) groups excluding carboxylic acids is 1. The number of nitrogens with two attached hydrogens (primary N) is 1. The molecule has 0 saturated carbocycles. The van der Waals surface area contributed by atoms with Crippen LogP contribution in [0.2, 0.25) is 0 Å². The van der Waals surface area contributed by atoms with Gasteiger partial charge in [0.05, 0.1) is 5.56 Å². The van der Waals surface area contributed by atoms with Gasteiger partial charge in [-0.25, -0.2) is 0 Å². The van der Waals surface area contributed by atoms with Crippen molar-refractivity contribution in [1.29, 1.82) is 0 Å². The molecule has 0 aliphatic carbocycles. The summed E-state index contributed by atoms with van der Waals surface area (Å²) in [5.41, 5.74) is 6.95. The second-order valence-corrected chi connectivity index (χ2v) is 5.67. The summed E-state index contributed by atoms with van der Waals surface area (Å²) in [5, 5.41) is 2.05. The normalized spacial score (nSPS) is 12.1. The molecule has 3 nitrogen and oxygen atoms in total. The Morgan fingerprint density at radius 3 is 2.68 bits per heavy atom. The highest BCUT2D eigenvalue weighted by Crippen LogP contribution is 2.17. The molecule has 1 atom stereocenters. The standard InChI is InChI=1S/C15H18N2OS/c1-11(10-12-6-5-9-19-12)17(2)15(18)13-7-3-4-8-14(13)16/h3-9,11H,10,16H2,1-2H3. The maximum absolute atomic E-state index is 12.4. The van der Waals surface area contributed by atoms with Gasteiger partial charge in [0.2, 0.25) is 0 Å². The van der Waals surface area contributed by atoms with Gasteiger partial charge >= 0.3 is 0 Å². The zero-order valence-corrected chi connectivity index (χ0v) is 12.0. The topological polar surface area (TPSA) is 46.3 Å². The molecule has 1 aromatic heterocycles. The Kier molecular flexibility index (Phi) is 4.22. The molecular weight excluding hydrogens is 256 g/mol. The molecule has 0 aliphatic heterocycles. The van der Waals surface area contributed by atoms with E-state index in [9.17, 15) is 4.79 Å². The summed E-state index contributed by atoms with van der Waals surface area (Å²) in [5.74, 6) is -0.0258. The fourth-order valence-electron chi connectivity index (χ4n) is 1.94. The highest BCUT2D eigenvalue weighted by atomic mass is 32.1. The molecule has 2 aromatic rings. The first kappa shape index (κ1) is 13.6. The SMILES string of the molecule is CC(Cc1cccs1)N(C)C(=O)c1ccccc1N. The summed E-state index contributed by atoms with van der Waals surface area (Å²) in [7, 11) is 1.83. The van der Waals surface area contributed by atoms with Gasteiger partial charge in [-0.15, -0.1) is 11.3 Å². The molecule has 1 aromatic carbocycles. The van der Waals surface area contributed by atoms with E-state index in [4.69, 9.17) is 5.73 Å². The van der Waals surface area contributed by atoms with Crippen LogP contribution in [0, 0.1) is 0 Å². The van der Waals surface area contributed by atoms with Crippen LogP contribution in [0.3, 0.4) is 0 Å². The Balaban J connectivity index is 2.09. The van der Waals surface area contributed by atoms with Crippen molar-refractivity contribution in [2.45, 2.75) is 19.4 Å². The monoisotopic (exact) mass is 274 g/mol. The lowest BCUT2D eigenvalue weighted by molar-refractivity contribution is 0.0745. The number of benzene rings is 1. The number of para-hydroxylation sites is 1. The number of hydrogen-bond donors (Lipinski definition) is 1. The summed E-state index contributed by atoms with van der Waals surface area (Å²) < 4.78 is 0. The maximum atomic E-state index is 12.4. The summed E-state index contributed by atoms with van der Waals surface area (Å²) in [6.45, 7) is 2.05. The molecule has 1 heterocycles. The first-order valence-electron chi connectivity index (χ1n) is 6.23. The van der Waals surface area contributed by atoms with E-state index in [1.54, 1.807) is 28.4 Å². The van der Waals surface area contributed by atoms with Crippen LogP contribution in [-0.4, -0.2) is 23.9 Å². The zero-order valence-electron chi connectivity index (χ0n) is 11.2. The van der Waals surface area contributed by atoms with Crippen molar-refractivity contribution in [3.63, 3.8) is 0 Å². The number of rotatable bonds is 4. The largest absolute Gasteiger partial charge is 0.398 e. The number of amides is 1. The molecule has 2 N–H and O–H groups in total. The van der Waals surface area contributed by atoms with Crippen molar-refractivity contribution in [2.75, 3.05) is 12.8 Å². The minimum atomic E-state index is -0.0258. The van der Waals surface area contributed by atoms with E-state index in [2.05, 4.69) is 18.4 Å². The zero-order chi connectivity index (χ0) is 13.8. The third-order valence-corrected chi connectivity index (χ3v) is 4.15. The fraction of sp³-hybridized carbons (Fsp3) is 0.267. The fourth-order valence-corrected chi connectivity index (χ4v) is 2.77. The van der Waals surface area contributed by atoms with Gasteiger partial charge in [0.1, 0.15) is 0 Å². The van der Waals surface area contributed by atoms with Gasteiger partial charge in [0, 0.05) is 30.1 Å². The van der Waals surface area contributed by atoms with Gasteiger partial charge in [-0.05, 0) is 30.5 Å². The molecule has 19 heavy (non-hydrogen) atoms. The van der Waals surface area contributed by atoms with Crippen LogP contribution in [0.5, 0.6) is 0 Å². The lowest BCUT2D eigenvalue weighted by atomic mass is 10.1. The Labute approximate surface area is 117 Å². The van der Waals surface area contributed by atoms with E-state index in [0.717, 1.165) is 6.42 Å². The average Bonchev–Trinajstić information content (AvgIpc) is 2.90. The molecule has 1 unspecified atom stereocenters. The van der Waals surface area contributed by atoms with E-state index in [1.165, 1.54) is 4.88 Å². The van der Waals surface area contributed by atoms with Crippen LogP contribution in [0.25, 0.3) is 0 Å². The van der Waals surface area contributed by atoms with Gasteiger partial charge in [-0.3, -0.25) is 4.79 Å². The summed E-state index contributed by atoms with van der Waals surface area (Å²) in [6, 6.07) is 11.5. The van der Waals surface area contributed by atoms with Gasteiger partial charge in [0.15, 0.2) is 0 Å². The number of hydrogen-bond acceptors (Lipinski definition) is 3. The van der Waals surface area contributed by atoms with Gasteiger partial charge < -0.3 is 10.6 Å². The highest BCUT2D eigenvalue weighted by Gasteiger charge is 2.19. The second kappa shape index (κ2) is 5.89. The maximum Gasteiger partial charge on any atom is 0.255 e. The number of nitrogen functional groups attached to an aromatic ring is 1. The molecule has 0 saturated heterocycles. The molecule has 0 fully saturated rings. The molecular formula is C15H18N2OS. The molecule has 1 amide bonds. The first-order chi connectivity index (χ1) is 9.09. The predicted octanol–water partition coefficient (Wildman–Crippen LogP) is 3.03. The molecule has 4 heteroatoms. The van der Waals surface area contributed by atoms with E-state index in [-0.39, 0.29) is 11.9 Å². The lowest BCUT2D eigenvalue weighted by Gasteiger charge is -2.25. The molecule has 0 bridgehead atoms. The number of anilines is 1. The van der Waals surface area contributed by atoms with Crippen molar-refractivity contribution in [1.82, 2.24) is 4.90 Å². The Morgan fingerprint density at radius 2 is 2.05 bits per heavy atom. The van der Waals surface area contributed by atoms with Crippen molar-refractivity contribution >= 4 is 22.9 Å². The smallest absolute Gasteiger partial charge is 0.255 e. The molecule has 0 radical (unpaired) electrons. The van der Waals surface area contributed by atoms with Crippen LogP contribution in [0.15, 0.2) is 41.8 Å². The molecule has 0 aliphatic rings. The van der Waals surface area contributed by atoms with Crippen LogP contribution < -0.4 is 5.73 Å². The molecule has 2 rings (SSSR count). The number of nitrogens with zero attached hydrogens (tertiary/aromatic N) is 1. The summed E-state index contributed by atoms with van der Waals surface area (Å²) in [6.07, 6.45) is 0.868.